The molecule has 15 nitrogen and oxygen atoms in total. The van der Waals surface area contributed by atoms with Gasteiger partial charge in [0, 0.05) is 25.3 Å². The summed E-state index contributed by atoms with van der Waals surface area (Å²) in [5.74, 6) is -0.516. The summed E-state index contributed by atoms with van der Waals surface area (Å²) in [4.78, 5) is 37.5. The average Bonchev–Trinajstić information content (AvgIpc) is 3.50. The summed E-state index contributed by atoms with van der Waals surface area (Å²) in [5, 5.41) is 28.6. The number of aromatic nitrogens is 4. The SMILES string of the molecule is CCCN(CCC)S(=O)(=O)c1ccc(NC(=O)Nc2ncnc3c2ncn3C2O[C@H](C(=O)NCC)[C@@H](O)[C@H]2O)cc1. The van der Waals surface area contributed by atoms with Crippen LogP contribution >= 0.6 is 0 Å². The maximum absolute atomic E-state index is 13.0. The predicted octanol–water partition coefficient (Wildman–Crippen LogP) is 1.04. The number of benzene rings is 1. The van der Waals surface area contributed by atoms with Crippen molar-refractivity contribution in [3.8, 4) is 0 Å². The maximum Gasteiger partial charge on any atom is 0.324 e. The van der Waals surface area contributed by atoms with E-state index in [1.54, 1.807) is 6.92 Å². The molecule has 41 heavy (non-hydrogen) atoms. The smallest absolute Gasteiger partial charge is 0.324 e. The van der Waals surface area contributed by atoms with Crippen LogP contribution in [0.3, 0.4) is 0 Å². The highest BCUT2D eigenvalue weighted by Gasteiger charge is 2.47. The zero-order valence-electron chi connectivity index (χ0n) is 22.9. The highest BCUT2D eigenvalue weighted by atomic mass is 32.2. The Morgan fingerprint density at radius 1 is 1.00 bits per heavy atom. The van der Waals surface area contributed by atoms with Crippen LogP contribution in [-0.4, -0.2) is 92.3 Å². The van der Waals surface area contributed by atoms with E-state index < -0.39 is 46.5 Å². The van der Waals surface area contributed by atoms with Crippen molar-refractivity contribution < 1.29 is 33.0 Å². The fourth-order valence-corrected chi connectivity index (χ4v) is 6.11. The number of aliphatic hydroxyl groups is 2. The van der Waals surface area contributed by atoms with Crippen LogP contribution in [0.15, 0.2) is 41.8 Å². The van der Waals surface area contributed by atoms with Crippen LogP contribution in [-0.2, 0) is 19.6 Å². The Kier molecular flexibility index (Phi) is 9.49. The Labute approximate surface area is 237 Å². The third-order valence-electron chi connectivity index (χ3n) is 6.41. The Hall–Kier alpha value is -3.70. The zero-order chi connectivity index (χ0) is 29.7. The molecule has 1 unspecified atom stereocenters. The number of imidazole rings is 1. The summed E-state index contributed by atoms with van der Waals surface area (Å²) in [6, 6.07) is 5.17. The largest absolute Gasteiger partial charge is 0.387 e. The van der Waals surface area contributed by atoms with Crippen LogP contribution in [0, 0.1) is 0 Å². The number of hydrogen-bond donors (Lipinski definition) is 5. The Bertz CT molecular complexity index is 1470. The van der Waals surface area contributed by atoms with E-state index in [1.807, 2.05) is 13.8 Å². The molecular weight excluding hydrogens is 556 g/mol. The number of amides is 3. The van der Waals surface area contributed by atoms with Crippen molar-refractivity contribution in [2.45, 2.75) is 63.0 Å². The number of hydrogen-bond acceptors (Lipinski definition) is 10. The second-order valence-corrected chi connectivity index (χ2v) is 11.3. The maximum atomic E-state index is 13.0. The van der Waals surface area contributed by atoms with E-state index >= 15 is 0 Å². The first kappa shape index (κ1) is 30.3. The molecule has 16 heteroatoms. The molecule has 0 saturated carbocycles. The van der Waals surface area contributed by atoms with Crippen molar-refractivity contribution in [2.24, 2.45) is 0 Å². The van der Waals surface area contributed by atoms with Crippen LogP contribution in [0.5, 0.6) is 0 Å². The van der Waals surface area contributed by atoms with Crippen LogP contribution in [0.2, 0.25) is 0 Å². The first-order valence-electron chi connectivity index (χ1n) is 13.3. The molecule has 1 aliphatic heterocycles. The summed E-state index contributed by atoms with van der Waals surface area (Å²) in [5.41, 5.74) is 0.701. The number of carbonyl (C=O) groups is 2. The van der Waals surface area contributed by atoms with Gasteiger partial charge in [-0.15, -0.1) is 0 Å². The number of rotatable bonds is 11. The minimum absolute atomic E-state index is 0.0496. The molecule has 0 bridgehead atoms. The number of carbonyl (C=O) groups excluding carboxylic acids is 2. The van der Waals surface area contributed by atoms with Crippen LogP contribution < -0.4 is 16.0 Å². The molecule has 1 aromatic carbocycles. The standard InChI is InChI=1S/C25H34N8O7S/c1-4-11-32(12-5-2)41(38,39)16-9-7-15(8-10-16)30-25(37)31-21-17-22(28-13-27-21)33(14-29-17)24-19(35)18(34)20(40-24)23(36)26-6-3/h7-10,13-14,18-20,24,34-35H,4-6,11-12H2,1-3H3,(H,26,36)(H2,27,28,30,31,37)/t18-,19+,20-,24?/m0/s1. The van der Waals surface area contributed by atoms with Gasteiger partial charge >= 0.3 is 6.03 Å². The number of anilines is 2. The number of sulfonamides is 1. The zero-order valence-corrected chi connectivity index (χ0v) is 23.7. The molecule has 3 aromatic rings. The Morgan fingerprint density at radius 2 is 1.68 bits per heavy atom. The molecule has 1 fully saturated rings. The van der Waals surface area contributed by atoms with Crippen LogP contribution in [0.1, 0.15) is 39.8 Å². The van der Waals surface area contributed by atoms with E-state index in [1.165, 1.54) is 45.8 Å². The number of fused-ring (bicyclic) bond motifs is 1. The van der Waals surface area contributed by atoms with E-state index in [2.05, 4.69) is 30.9 Å². The lowest BCUT2D eigenvalue weighted by Crippen LogP contribution is -2.42. The predicted molar refractivity (Wildman–Crippen MR) is 148 cm³/mol. The van der Waals surface area contributed by atoms with Gasteiger partial charge in [-0.2, -0.15) is 4.31 Å². The highest BCUT2D eigenvalue weighted by Crippen LogP contribution is 2.32. The van der Waals surface area contributed by atoms with E-state index in [0.29, 0.717) is 38.2 Å². The molecule has 3 heterocycles. The van der Waals surface area contributed by atoms with E-state index in [0.717, 1.165) is 0 Å². The Morgan fingerprint density at radius 3 is 2.32 bits per heavy atom. The molecule has 4 atom stereocenters. The second-order valence-electron chi connectivity index (χ2n) is 9.38. The van der Waals surface area contributed by atoms with Crippen LogP contribution in [0.4, 0.5) is 16.3 Å². The molecule has 5 N–H and O–H groups in total. The number of ether oxygens (including phenoxy) is 1. The van der Waals surface area contributed by atoms with Crippen molar-refractivity contribution >= 4 is 44.6 Å². The van der Waals surface area contributed by atoms with Gasteiger partial charge in [0.2, 0.25) is 10.0 Å². The number of nitrogens with zero attached hydrogens (tertiary/aromatic N) is 5. The van der Waals surface area contributed by atoms with Crippen molar-refractivity contribution in [3.05, 3.63) is 36.9 Å². The van der Waals surface area contributed by atoms with Gasteiger partial charge in [-0.05, 0) is 44.0 Å². The van der Waals surface area contributed by atoms with E-state index in [-0.39, 0.29) is 21.9 Å². The number of aliphatic hydroxyl groups excluding tert-OH is 2. The monoisotopic (exact) mass is 590 g/mol. The Balaban J connectivity index is 1.47. The fourth-order valence-electron chi connectivity index (χ4n) is 4.49. The van der Waals surface area contributed by atoms with E-state index in [4.69, 9.17) is 4.74 Å². The third-order valence-corrected chi connectivity index (χ3v) is 8.32. The highest BCUT2D eigenvalue weighted by molar-refractivity contribution is 7.89. The molecule has 2 aromatic heterocycles. The van der Waals surface area contributed by atoms with Crippen molar-refractivity contribution in [2.75, 3.05) is 30.3 Å². The normalized spacial score (nSPS) is 20.8. The van der Waals surface area contributed by atoms with Crippen LogP contribution in [0.25, 0.3) is 11.2 Å². The summed E-state index contributed by atoms with van der Waals surface area (Å²) in [7, 11) is -3.66. The lowest BCUT2D eigenvalue weighted by Gasteiger charge is -2.21. The molecule has 222 valence electrons. The van der Waals surface area contributed by atoms with Gasteiger partial charge in [-0.3, -0.25) is 14.7 Å². The van der Waals surface area contributed by atoms with Gasteiger partial charge in [0.25, 0.3) is 5.91 Å². The first-order chi connectivity index (χ1) is 19.6. The molecule has 3 amide bonds. The molecule has 0 spiro atoms. The van der Waals surface area contributed by atoms with Crippen molar-refractivity contribution in [3.63, 3.8) is 0 Å². The molecule has 0 radical (unpaired) electrons. The number of nitrogens with one attached hydrogen (secondary N) is 3. The van der Waals surface area contributed by atoms with Crippen molar-refractivity contribution in [1.29, 1.82) is 0 Å². The second kappa shape index (κ2) is 12.9. The molecular formula is C25H34N8O7S. The topological polar surface area (TPSA) is 201 Å². The summed E-state index contributed by atoms with van der Waals surface area (Å²) >= 11 is 0. The first-order valence-corrected chi connectivity index (χ1v) is 14.7. The van der Waals surface area contributed by atoms with Gasteiger partial charge in [-0.25, -0.2) is 28.2 Å². The fraction of sp³-hybridized carbons (Fsp3) is 0.480. The molecule has 1 saturated heterocycles. The van der Waals surface area contributed by atoms with Gasteiger partial charge in [0.1, 0.15) is 18.5 Å². The van der Waals surface area contributed by atoms with Gasteiger partial charge in [0.05, 0.1) is 11.2 Å². The lowest BCUT2D eigenvalue weighted by atomic mass is 10.1. The van der Waals surface area contributed by atoms with E-state index in [9.17, 15) is 28.2 Å². The van der Waals surface area contributed by atoms with Crippen molar-refractivity contribution in [1.82, 2.24) is 29.1 Å². The third kappa shape index (κ3) is 6.31. The summed E-state index contributed by atoms with van der Waals surface area (Å²) in [6.45, 7) is 6.71. The quantitative estimate of drug-likeness (QED) is 0.215. The molecule has 0 aliphatic carbocycles. The van der Waals surface area contributed by atoms with Gasteiger partial charge in [0.15, 0.2) is 29.3 Å². The minimum atomic E-state index is -3.66. The molecule has 1 aliphatic rings. The van der Waals surface area contributed by atoms with Gasteiger partial charge in [-0.1, -0.05) is 13.8 Å². The van der Waals surface area contributed by atoms with Gasteiger partial charge < -0.3 is 25.6 Å². The lowest BCUT2D eigenvalue weighted by molar-refractivity contribution is -0.137. The molecule has 4 rings (SSSR count). The summed E-state index contributed by atoms with van der Waals surface area (Å²) < 4.78 is 34.4. The average molecular weight is 591 g/mol. The number of likely N-dealkylation sites (N-methyl/N-ethyl adjacent to an activating group) is 1. The number of urea groups is 1. The summed E-state index contributed by atoms with van der Waals surface area (Å²) in [6.07, 6.45) is -1.52. The minimum Gasteiger partial charge on any atom is -0.387 e.